The summed E-state index contributed by atoms with van der Waals surface area (Å²) in [6.45, 7) is 9.12. The summed E-state index contributed by atoms with van der Waals surface area (Å²) in [7, 11) is 0. The van der Waals surface area contributed by atoms with Crippen molar-refractivity contribution in [3.05, 3.63) is 66.1 Å². The third-order valence-electron chi connectivity index (χ3n) is 6.01. The van der Waals surface area contributed by atoms with Crippen LogP contribution in [0.5, 0.6) is 0 Å². The van der Waals surface area contributed by atoms with Crippen molar-refractivity contribution in [2.75, 3.05) is 37.7 Å². The monoisotopic (exact) mass is 478 g/mol. The summed E-state index contributed by atoms with van der Waals surface area (Å²) >= 11 is 0. The van der Waals surface area contributed by atoms with Crippen LogP contribution in [0.15, 0.2) is 54.6 Å². The van der Waals surface area contributed by atoms with Crippen molar-refractivity contribution < 1.29 is 18.7 Å². The first-order valence-electron chi connectivity index (χ1n) is 12.0. The highest BCUT2D eigenvalue weighted by molar-refractivity contribution is 5.89. The molecular formula is C27H31FN4O3. The zero-order chi connectivity index (χ0) is 24.9. The molecule has 1 saturated heterocycles. The summed E-state index contributed by atoms with van der Waals surface area (Å²) in [4.78, 5) is 28.9. The number of hydrogen-bond acceptors (Lipinski definition) is 5. The fraction of sp³-hybridized carbons (Fsp3) is 0.370. The van der Waals surface area contributed by atoms with E-state index in [1.54, 1.807) is 29.8 Å². The lowest BCUT2D eigenvalue weighted by Crippen LogP contribution is -2.49. The highest BCUT2D eigenvalue weighted by Crippen LogP contribution is 2.27. The number of benzene rings is 2. The van der Waals surface area contributed by atoms with E-state index in [1.165, 1.54) is 12.1 Å². The normalized spacial score (nSPS) is 13.9. The van der Waals surface area contributed by atoms with Crippen molar-refractivity contribution in [1.29, 1.82) is 0 Å². The topological polar surface area (TPSA) is 67.7 Å². The van der Waals surface area contributed by atoms with Gasteiger partial charge in [-0.25, -0.2) is 13.9 Å². The highest BCUT2D eigenvalue weighted by Gasteiger charge is 2.22. The van der Waals surface area contributed by atoms with Gasteiger partial charge in [-0.3, -0.25) is 4.79 Å². The van der Waals surface area contributed by atoms with E-state index in [-0.39, 0.29) is 24.0 Å². The predicted octanol–water partition coefficient (Wildman–Crippen LogP) is 4.55. The quantitative estimate of drug-likeness (QED) is 0.466. The van der Waals surface area contributed by atoms with Gasteiger partial charge in [-0.2, -0.15) is 5.10 Å². The van der Waals surface area contributed by atoms with Gasteiger partial charge in [0.15, 0.2) is 5.69 Å². The minimum absolute atomic E-state index is 0.192. The molecule has 0 saturated carbocycles. The van der Waals surface area contributed by atoms with Gasteiger partial charge in [-0.05, 0) is 55.3 Å². The van der Waals surface area contributed by atoms with Gasteiger partial charge < -0.3 is 14.5 Å². The number of piperazine rings is 1. The summed E-state index contributed by atoms with van der Waals surface area (Å²) in [5.74, 6) is -0.262. The molecule has 184 valence electrons. The highest BCUT2D eigenvalue weighted by atomic mass is 19.1. The molecule has 3 aromatic rings. The molecule has 0 spiro atoms. The van der Waals surface area contributed by atoms with E-state index in [0.717, 1.165) is 24.3 Å². The Morgan fingerprint density at radius 2 is 1.60 bits per heavy atom. The lowest BCUT2D eigenvalue weighted by Gasteiger charge is -2.36. The van der Waals surface area contributed by atoms with Gasteiger partial charge in [0, 0.05) is 43.9 Å². The van der Waals surface area contributed by atoms with Crippen LogP contribution in [-0.4, -0.2) is 59.3 Å². The van der Waals surface area contributed by atoms with Crippen LogP contribution >= 0.6 is 0 Å². The molecule has 0 aliphatic carbocycles. The lowest BCUT2D eigenvalue weighted by atomic mass is 10.1. The number of esters is 1. The fourth-order valence-electron chi connectivity index (χ4n) is 4.21. The van der Waals surface area contributed by atoms with Crippen molar-refractivity contribution in [2.45, 2.75) is 27.2 Å². The molecule has 1 aromatic heterocycles. The molecule has 1 amide bonds. The van der Waals surface area contributed by atoms with Gasteiger partial charge in [-0.1, -0.05) is 26.0 Å². The van der Waals surface area contributed by atoms with Gasteiger partial charge >= 0.3 is 5.97 Å². The molecule has 2 aromatic carbocycles. The molecular weight excluding hydrogens is 447 g/mol. The molecule has 7 nitrogen and oxygen atoms in total. The molecule has 2 heterocycles. The first-order chi connectivity index (χ1) is 16.9. The second-order valence-electron chi connectivity index (χ2n) is 9.04. The zero-order valence-corrected chi connectivity index (χ0v) is 20.4. The van der Waals surface area contributed by atoms with Gasteiger partial charge in [0.05, 0.1) is 18.0 Å². The molecule has 1 aliphatic rings. The third kappa shape index (κ3) is 5.70. The third-order valence-corrected chi connectivity index (χ3v) is 6.01. The SMILES string of the molecule is CCOC(=O)c1cc(-c2ccc(N3CCN(C(=O)CC(C)C)CC3)cc2)n(-c2ccc(F)cc2)n1. The van der Waals surface area contributed by atoms with Crippen LogP contribution in [0, 0.1) is 11.7 Å². The Labute approximate surface area is 205 Å². The second-order valence-corrected chi connectivity index (χ2v) is 9.04. The molecule has 0 atom stereocenters. The number of amides is 1. The minimum Gasteiger partial charge on any atom is -0.461 e. The summed E-state index contributed by atoms with van der Waals surface area (Å²) in [6, 6.07) is 15.7. The van der Waals surface area contributed by atoms with Crippen LogP contribution in [-0.2, 0) is 9.53 Å². The molecule has 0 radical (unpaired) electrons. The Kier molecular flexibility index (Phi) is 7.48. The minimum atomic E-state index is -0.504. The molecule has 1 fully saturated rings. The van der Waals surface area contributed by atoms with Crippen molar-refractivity contribution in [3.63, 3.8) is 0 Å². The zero-order valence-electron chi connectivity index (χ0n) is 20.4. The Hall–Kier alpha value is -3.68. The summed E-state index contributed by atoms with van der Waals surface area (Å²) in [5, 5.41) is 4.43. The van der Waals surface area contributed by atoms with Crippen molar-refractivity contribution in [1.82, 2.24) is 14.7 Å². The molecule has 8 heteroatoms. The van der Waals surface area contributed by atoms with Crippen LogP contribution in [0.1, 0.15) is 37.7 Å². The van der Waals surface area contributed by atoms with Crippen LogP contribution in [0.2, 0.25) is 0 Å². The molecule has 0 bridgehead atoms. The number of anilines is 1. The van der Waals surface area contributed by atoms with Crippen molar-refractivity contribution >= 4 is 17.6 Å². The van der Waals surface area contributed by atoms with Crippen LogP contribution in [0.4, 0.5) is 10.1 Å². The van der Waals surface area contributed by atoms with E-state index in [2.05, 4.69) is 23.8 Å². The van der Waals surface area contributed by atoms with Crippen LogP contribution in [0.25, 0.3) is 16.9 Å². The number of rotatable bonds is 7. The number of aromatic nitrogens is 2. The van der Waals surface area contributed by atoms with E-state index >= 15 is 0 Å². The van der Waals surface area contributed by atoms with E-state index in [0.29, 0.717) is 36.8 Å². The molecule has 0 N–H and O–H groups in total. The van der Waals surface area contributed by atoms with E-state index < -0.39 is 5.97 Å². The number of carbonyl (C=O) groups is 2. The van der Waals surface area contributed by atoms with Crippen molar-refractivity contribution in [2.24, 2.45) is 5.92 Å². The molecule has 0 unspecified atom stereocenters. The number of carbonyl (C=O) groups excluding carboxylic acids is 2. The predicted molar refractivity (Wildman–Crippen MR) is 133 cm³/mol. The van der Waals surface area contributed by atoms with Gasteiger partial charge in [-0.15, -0.1) is 0 Å². The Balaban J connectivity index is 1.54. The van der Waals surface area contributed by atoms with Crippen molar-refractivity contribution in [3.8, 4) is 16.9 Å². The Morgan fingerprint density at radius 1 is 0.971 bits per heavy atom. The maximum atomic E-state index is 13.5. The average Bonchev–Trinajstić information content (AvgIpc) is 3.30. The standard InChI is InChI=1S/C27H31FN4O3/c1-4-35-27(34)24-18-25(32(29-24)23-11-7-21(28)8-12-23)20-5-9-22(10-6-20)30-13-15-31(16-14-30)26(33)17-19(2)3/h5-12,18-19H,4,13-17H2,1-3H3. The first kappa shape index (κ1) is 24.4. The van der Waals surface area contributed by atoms with Gasteiger partial charge in [0.2, 0.25) is 5.91 Å². The van der Waals surface area contributed by atoms with Gasteiger partial charge in [0.1, 0.15) is 5.82 Å². The van der Waals surface area contributed by atoms with Crippen LogP contribution in [0.3, 0.4) is 0 Å². The average molecular weight is 479 g/mol. The fourth-order valence-corrected chi connectivity index (χ4v) is 4.21. The summed E-state index contributed by atoms with van der Waals surface area (Å²) in [5.41, 5.74) is 3.48. The maximum absolute atomic E-state index is 13.5. The number of hydrogen-bond donors (Lipinski definition) is 0. The van der Waals surface area contributed by atoms with Gasteiger partial charge in [0.25, 0.3) is 0 Å². The number of nitrogens with zero attached hydrogens (tertiary/aromatic N) is 4. The molecule has 1 aliphatic heterocycles. The second kappa shape index (κ2) is 10.7. The van der Waals surface area contributed by atoms with Crippen LogP contribution < -0.4 is 4.90 Å². The summed E-state index contributed by atoms with van der Waals surface area (Å²) < 4.78 is 20.2. The molecule has 35 heavy (non-hydrogen) atoms. The lowest BCUT2D eigenvalue weighted by molar-refractivity contribution is -0.132. The van der Waals surface area contributed by atoms with E-state index in [9.17, 15) is 14.0 Å². The number of halogens is 1. The Bertz CT molecular complexity index is 1160. The largest absolute Gasteiger partial charge is 0.461 e. The van der Waals surface area contributed by atoms with E-state index in [4.69, 9.17) is 4.74 Å². The Morgan fingerprint density at radius 3 is 2.20 bits per heavy atom. The van der Waals surface area contributed by atoms with E-state index in [1.807, 2.05) is 29.2 Å². The first-order valence-corrected chi connectivity index (χ1v) is 12.0. The number of ether oxygens (including phenoxy) is 1. The molecule has 4 rings (SSSR count). The summed E-state index contributed by atoms with van der Waals surface area (Å²) in [6.07, 6.45) is 0.588. The maximum Gasteiger partial charge on any atom is 0.358 e. The smallest absolute Gasteiger partial charge is 0.358 e.